The van der Waals surface area contributed by atoms with Gasteiger partial charge in [-0.2, -0.15) is 0 Å². The summed E-state index contributed by atoms with van der Waals surface area (Å²) >= 11 is 0. The maximum atomic E-state index is 11.9. The van der Waals surface area contributed by atoms with E-state index in [2.05, 4.69) is 5.32 Å². The first-order valence-corrected chi connectivity index (χ1v) is 5.97. The van der Waals surface area contributed by atoms with E-state index >= 15 is 0 Å². The number of aromatic carboxylic acids is 1. The van der Waals surface area contributed by atoms with Crippen LogP contribution in [0.4, 0.5) is 0 Å². The van der Waals surface area contributed by atoms with Crippen LogP contribution in [0, 0.1) is 0 Å². The molecule has 2 rings (SSSR count). The van der Waals surface area contributed by atoms with E-state index in [0.717, 1.165) is 0 Å². The molecule has 2 aromatic rings. The molecule has 0 spiro atoms. The van der Waals surface area contributed by atoms with Crippen molar-refractivity contribution in [2.75, 3.05) is 0 Å². The average molecular weight is 288 g/mol. The Hall–Kier alpha value is -3.09. The van der Waals surface area contributed by atoms with E-state index in [0.29, 0.717) is 5.76 Å². The number of amides is 2. The lowest BCUT2D eigenvalue weighted by molar-refractivity contribution is 0.0660. The van der Waals surface area contributed by atoms with Crippen LogP contribution in [0.3, 0.4) is 0 Å². The van der Waals surface area contributed by atoms with Gasteiger partial charge >= 0.3 is 5.97 Å². The number of carboxylic acid groups (broad SMARTS) is 1. The molecule has 4 N–H and O–H groups in total. The Bertz CT molecular complexity index is 705. The molecule has 1 aromatic heterocycles. The van der Waals surface area contributed by atoms with Crippen LogP contribution >= 0.6 is 0 Å². The van der Waals surface area contributed by atoms with Gasteiger partial charge in [0, 0.05) is 11.1 Å². The third-order valence-corrected chi connectivity index (χ3v) is 2.70. The Morgan fingerprint density at radius 2 is 1.86 bits per heavy atom. The average Bonchev–Trinajstić information content (AvgIpc) is 2.94. The van der Waals surface area contributed by atoms with E-state index in [1.54, 1.807) is 6.07 Å². The Morgan fingerprint density at radius 1 is 1.14 bits per heavy atom. The fraction of sp³-hybridized carbons (Fsp3) is 0.0714. The van der Waals surface area contributed by atoms with E-state index in [1.165, 1.54) is 30.3 Å². The van der Waals surface area contributed by atoms with E-state index in [4.69, 9.17) is 15.3 Å². The second kappa shape index (κ2) is 5.91. The summed E-state index contributed by atoms with van der Waals surface area (Å²) < 4.78 is 5.00. The molecule has 0 aliphatic rings. The first-order valence-electron chi connectivity index (χ1n) is 5.97. The Labute approximate surface area is 119 Å². The van der Waals surface area contributed by atoms with Gasteiger partial charge in [-0.05, 0) is 30.3 Å². The van der Waals surface area contributed by atoms with Gasteiger partial charge in [-0.3, -0.25) is 9.59 Å². The molecular formula is C14H12N2O5. The summed E-state index contributed by atoms with van der Waals surface area (Å²) in [5.41, 5.74) is 5.64. The van der Waals surface area contributed by atoms with Crippen molar-refractivity contribution in [1.29, 1.82) is 0 Å². The van der Waals surface area contributed by atoms with Crippen LogP contribution in [-0.2, 0) is 6.54 Å². The zero-order chi connectivity index (χ0) is 15.4. The molecule has 0 saturated heterocycles. The maximum absolute atomic E-state index is 11.9. The SMILES string of the molecule is NC(=O)c1cccc(C(=O)NCc2ccc(C(=O)O)o2)c1. The highest BCUT2D eigenvalue weighted by Crippen LogP contribution is 2.09. The van der Waals surface area contributed by atoms with Crippen molar-refractivity contribution < 1.29 is 23.9 Å². The van der Waals surface area contributed by atoms with E-state index in [-0.39, 0.29) is 23.4 Å². The van der Waals surface area contributed by atoms with Crippen LogP contribution < -0.4 is 11.1 Å². The lowest BCUT2D eigenvalue weighted by Gasteiger charge is -2.04. The van der Waals surface area contributed by atoms with Gasteiger partial charge < -0.3 is 20.6 Å². The smallest absolute Gasteiger partial charge is 0.371 e. The number of benzene rings is 1. The van der Waals surface area contributed by atoms with Crippen molar-refractivity contribution in [3.63, 3.8) is 0 Å². The largest absolute Gasteiger partial charge is 0.475 e. The first kappa shape index (κ1) is 14.3. The molecule has 0 radical (unpaired) electrons. The number of rotatable bonds is 5. The highest BCUT2D eigenvalue weighted by molar-refractivity contribution is 5.99. The van der Waals surface area contributed by atoms with Crippen LogP contribution in [-0.4, -0.2) is 22.9 Å². The van der Waals surface area contributed by atoms with Crippen molar-refractivity contribution in [2.24, 2.45) is 5.73 Å². The molecule has 2 amide bonds. The van der Waals surface area contributed by atoms with Gasteiger partial charge in [-0.1, -0.05) is 6.07 Å². The Morgan fingerprint density at radius 3 is 2.48 bits per heavy atom. The molecule has 7 heteroatoms. The molecule has 0 aliphatic carbocycles. The summed E-state index contributed by atoms with van der Waals surface area (Å²) in [6, 6.07) is 8.73. The minimum absolute atomic E-state index is 0.0346. The molecule has 0 unspecified atom stereocenters. The zero-order valence-electron chi connectivity index (χ0n) is 10.8. The standard InChI is InChI=1S/C14H12N2O5/c15-12(17)8-2-1-3-9(6-8)13(18)16-7-10-4-5-11(21-10)14(19)20/h1-6H,7H2,(H2,15,17)(H,16,18)(H,19,20). The van der Waals surface area contributed by atoms with Gasteiger partial charge in [0.15, 0.2) is 0 Å². The molecule has 0 atom stereocenters. The molecule has 0 saturated carbocycles. The second-order valence-corrected chi connectivity index (χ2v) is 4.20. The van der Waals surface area contributed by atoms with Gasteiger partial charge in [-0.25, -0.2) is 4.79 Å². The van der Waals surface area contributed by atoms with Gasteiger partial charge in [0.25, 0.3) is 5.91 Å². The molecule has 108 valence electrons. The van der Waals surface area contributed by atoms with Crippen molar-refractivity contribution >= 4 is 17.8 Å². The number of primary amides is 1. The highest BCUT2D eigenvalue weighted by atomic mass is 16.4. The van der Waals surface area contributed by atoms with Gasteiger partial charge in [0.2, 0.25) is 11.7 Å². The van der Waals surface area contributed by atoms with E-state index in [9.17, 15) is 14.4 Å². The molecule has 0 aliphatic heterocycles. The first-order chi connectivity index (χ1) is 9.97. The number of nitrogens with one attached hydrogen (secondary N) is 1. The van der Waals surface area contributed by atoms with Crippen molar-refractivity contribution in [3.05, 3.63) is 59.0 Å². The minimum atomic E-state index is -1.18. The molecular weight excluding hydrogens is 276 g/mol. The van der Waals surface area contributed by atoms with Gasteiger partial charge in [0.05, 0.1) is 6.54 Å². The van der Waals surface area contributed by atoms with Crippen LogP contribution in [0.2, 0.25) is 0 Å². The highest BCUT2D eigenvalue weighted by Gasteiger charge is 2.11. The fourth-order valence-electron chi connectivity index (χ4n) is 1.67. The minimum Gasteiger partial charge on any atom is -0.475 e. The summed E-state index contributed by atoms with van der Waals surface area (Å²) in [4.78, 5) is 33.6. The molecule has 1 heterocycles. The fourth-order valence-corrected chi connectivity index (χ4v) is 1.67. The molecule has 1 aromatic carbocycles. The monoisotopic (exact) mass is 288 g/mol. The third-order valence-electron chi connectivity index (χ3n) is 2.70. The number of hydrogen-bond donors (Lipinski definition) is 3. The lowest BCUT2D eigenvalue weighted by Crippen LogP contribution is -2.23. The van der Waals surface area contributed by atoms with E-state index < -0.39 is 17.8 Å². The van der Waals surface area contributed by atoms with Crippen LogP contribution in [0.5, 0.6) is 0 Å². The van der Waals surface area contributed by atoms with Crippen LogP contribution in [0.25, 0.3) is 0 Å². The van der Waals surface area contributed by atoms with Crippen LogP contribution in [0.15, 0.2) is 40.8 Å². The molecule has 0 bridgehead atoms. The number of carboxylic acids is 1. The number of carbonyl (C=O) groups is 3. The predicted molar refractivity (Wildman–Crippen MR) is 71.8 cm³/mol. The van der Waals surface area contributed by atoms with Gasteiger partial charge in [0.1, 0.15) is 5.76 Å². The van der Waals surface area contributed by atoms with E-state index in [1.807, 2.05) is 0 Å². The summed E-state index contributed by atoms with van der Waals surface area (Å²) in [5.74, 6) is -2.11. The number of furan rings is 1. The Balaban J connectivity index is 2.02. The number of hydrogen-bond acceptors (Lipinski definition) is 4. The third kappa shape index (κ3) is 3.47. The van der Waals surface area contributed by atoms with Crippen molar-refractivity contribution in [1.82, 2.24) is 5.32 Å². The maximum Gasteiger partial charge on any atom is 0.371 e. The normalized spacial score (nSPS) is 10.1. The summed E-state index contributed by atoms with van der Waals surface area (Å²) in [7, 11) is 0. The second-order valence-electron chi connectivity index (χ2n) is 4.20. The van der Waals surface area contributed by atoms with Crippen LogP contribution in [0.1, 0.15) is 37.0 Å². The summed E-state index contributed by atoms with van der Waals surface area (Å²) in [5, 5.41) is 11.3. The summed E-state index contributed by atoms with van der Waals surface area (Å²) in [6.07, 6.45) is 0. The van der Waals surface area contributed by atoms with Crippen molar-refractivity contribution in [2.45, 2.75) is 6.54 Å². The Kier molecular flexibility index (Phi) is 4.03. The molecule has 0 fully saturated rings. The predicted octanol–water partition coefficient (Wildman–Crippen LogP) is 1.01. The zero-order valence-corrected chi connectivity index (χ0v) is 10.8. The lowest BCUT2D eigenvalue weighted by atomic mass is 10.1. The number of nitrogens with two attached hydrogens (primary N) is 1. The quantitative estimate of drug-likeness (QED) is 0.757. The molecule has 21 heavy (non-hydrogen) atoms. The van der Waals surface area contributed by atoms with Crippen molar-refractivity contribution in [3.8, 4) is 0 Å². The molecule has 7 nitrogen and oxygen atoms in total. The summed E-state index contributed by atoms with van der Waals surface area (Å²) in [6.45, 7) is 0.0346. The van der Waals surface area contributed by atoms with Gasteiger partial charge in [-0.15, -0.1) is 0 Å². The topological polar surface area (TPSA) is 123 Å². The number of carbonyl (C=O) groups excluding carboxylic acids is 2.